The molecule has 90 valence electrons. The molecule has 1 aliphatic heterocycles. The van der Waals surface area contributed by atoms with E-state index >= 15 is 0 Å². The maximum Gasteiger partial charge on any atom is 0.327 e. The van der Waals surface area contributed by atoms with E-state index in [1.54, 1.807) is 0 Å². The second-order valence-corrected chi connectivity index (χ2v) is 3.65. The molecule has 1 atom stereocenters. The molecule has 17 heavy (non-hydrogen) atoms. The number of amides is 1. The van der Waals surface area contributed by atoms with Gasteiger partial charge in [-0.25, -0.2) is 9.78 Å². The summed E-state index contributed by atoms with van der Waals surface area (Å²) < 4.78 is 0. The van der Waals surface area contributed by atoms with Gasteiger partial charge in [-0.15, -0.1) is 0 Å². The van der Waals surface area contributed by atoms with E-state index in [1.807, 2.05) is 0 Å². The van der Waals surface area contributed by atoms with Crippen LogP contribution in [0.25, 0.3) is 0 Å². The molecule has 2 N–H and O–H groups in total. The molecule has 1 saturated heterocycles. The lowest BCUT2D eigenvalue weighted by Crippen LogP contribution is -2.57. The van der Waals surface area contributed by atoms with Gasteiger partial charge in [-0.3, -0.25) is 9.78 Å². The van der Waals surface area contributed by atoms with E-state index in [0.717, 1.165) is 0 Å². The number of carboxylic acid groups (broad SMARTS) is 1. The highest BCUT2D eigenvalue weighted by Gasteiger charge is 2.32. The van der Waals surface area contributed by atoms with Gasteiger partial charge >= 0.3 is 5.97 Å². The van der Waals surface area contributed by atoms with Crippen LogP contribution in [0.3, 0.4) is 0 Å². The van der Waals surface area contributed by atoms with Crippen molar-refractivity contribution in [2.24, 2.45) is 0 Å². The van der Waals surface area contributed by atoms with Crippen LogP contribution in [-0.4, -0.2) is 57.5 Å². The molecule has 0 aromatic carbocycles. The number of piperazine rings is 1. The Kier molecular flexibility index (Phi) is 3.29. The maximum atomic E-state index is 12.0. The van der Waals surface area contributed by atoms with Crippen LogP contribution < -0.4 is 5.32 Å². The zero-order valence-electron chi connectivity index (χ0n) is 9.04. The number of carboxylic acids is 1. The van der Waals surface area contributed by atoms with Crippen molar-refractivity contribution in [2.45, 2.75) is 6.04 Å². The Morgan fingerprint density at radius 2 is 2.29 bits per heavy atom. The van der Waals surface area contributed by atoms with Gasteiger partial charge in [0.05, 0.1) is 6.20 Å². The number of aliphatic carboxylic acids is 1. The topological polar surface area (TPSA) is 95.4 Å². The SMILES string of the molecule is O=C(O)[C@H]1CNCCN1C(=O)c1cnccn1. The van der Waals surface area contributed by atoms with Gasteiger partial charge in [0, 0.05) is 32.0 Å². The minimum Gasteiger partial charge on any atom is -0.480 e. The molecule has 0 radical (unpaired) electrons. The summed E-state index contributed by atoms with van der Waals surface area (Å²) in [7, 11) is 0. The molecule has 7 heteroatoms. The largest absolute Gasteiger partial charge is 0.480 e. The first-order chi connectivity index (χ1) is 8.20. The minimum absolute atomic E-state index is 0.167. The van der Waals surface area contributed by atoms with E-state index in [2.05, 4.69) is 15.3 Å². The van der Waals surface area contributed by atoms with Crippen LogP contribution in [0.5, 0.6) is 0 Å². The Balaban J connectivity index is 2.20. The molecule has 0 spiro atoms. The highest BCUT2D eigenvalue weighted by Crippen LogP contribution is 2.08. The molecular formula is C10H12N4O3. The highest BCUT2D eigenvalue weighted by atomic mass is 16.4. The molecule has 1 amide bonds. The van der Waals surface area contributed by atoms with Crippen LogP contribution in [0.1, 0.15) is 10.5 Å². The Morgan fingerprint density at radius 1 is 1.47 bits per heavy atom. The number of nitrogens with one attached hydrogen (secondary N) is 1. The lowest BCUT2D eigenvalue weighted by Gasteiger charge is -2.33. The third-order valence-corrected chi connectivity index (χ3v) is 2.57. The van der Waals surface area contributed by atoms with Crippen LogP contribution in [0.2, 0.25) is 0 Å². The number of aromatic nitrogens is 2. The lowest BCUT2D eigenvalue weighted by atomic mass is 10.2. The van der Waals surface area contributed by atoms with Crippen molar-refractivity contribution >= 4 is 11.9 Å². The van der Waals surface area contributed by atoms with Crippen LogP contribution >= 0.6 is 0 Å². The summed E-state index contributed by atoms with van der Waals surface area (Å²) in [4.78, 5) is 32.1. The average Bonchev–Trinajstić information content (AvgIpc) is 2.39. The van der Waals surface area contributed by atoms with Crippen molar-refractivity contribution in [2.75, 3.05) is 19.6 Å². The van der Waals surface area contributed by atoms with E-state index in [-0.39, 0.29) is 12.2 Å². The van der Waals surface area contributed by atoms with Crippen molar-refractivity contribution in [3.63, 3.8) is 0 Å². The number of rotatable bonds is 2. The molecule has 1 aromatic heterocycles. The molecule has 0 bridgehead atoms. The third-order valence-electron chi connectivity index (χ3n) is 2.57. The zero-order chi connectivity index (χ0) is 12.3. The van der Waals surface area contributed by atoms with Crippen LogP contribution in [0.4, 0.5) is 0 Å². The van der Waals surface area contributed by atoms with Crippen LogP contribution in [0.15, 0.2) is 18.6 Å². The number of hydrogen-bond donors (Lipinski definition) is 2. The number of carbonyl (C=O) groups is 2. The predicted molar refractivity (Wildman–Crippen MR) is 57.4 cm³/mol. The molecule has 7 nitrogen and oxygen atoms in total. The van der Waals surface area contributed by atoms with Gasteiger partial charge in [0.1, 0.15) is 11.7 Å². The maximum absolute atomic E-state index is 12.0. The summed E-state index contributed by atoms with van der Waals surface area (Å²) in [5.41, 5.74) is 0.167. The first-order valence-electron chi connectivity index (χ1n) is 5.20. The lowest BCUT2D eigenvalue weighted by molar-refractivity contribution is -0.142. The summed E-state index contributed by atoms with van der Waals surface area (Å²) in [5.74, 6) is -1.42. The summed E-state index contributed by atoms with van der Waals surface area (Å²) in [6.07, 6.45) is 4.21. The second-order valence-electron chi connectivity index (χ2n) is 3.65. The van der Waals surface area contributed by atoms with Crippen molar-refractivity contribution < 1.29 is 14.7 Å². The molecule has 1 fully saturated rings. The standard InChI is InChI=1S/C10H12N4O3/c15-9(7-5-11-1-2-13-7)14-4-3-12-6-8(14)10(16)17/h1-2,5,8,12H,3-4,6H2,(H,16,17)/t8-/m1/s1. The molecule has 2 rings (SSSR count). The van der Waals surface area contributed by atoms with Gasteiger partial charge < -0.3 is 15.3 Å². The molecule has 0 aliphatic carbocycles. The van der Waals surface area contributed by atoms with E-state index < -0.39 is 17.9 Å². The quantitative estimate of drug-likeness (QED) is 0.682. The van der Waals surface area contributed by atoms with Gasteiger partial charge in [-0.1, -0.05) is 0 Å². The Morgan fingerprint density at radius 3 is 2.94 bits per heavy atom. The van der Waals surface area contributed by atoms with Gasteiger partial charge in [-0.05, 0) is 0 Å². The third kappa shape index (κ3) is 2.39. The first-order valence-corrected chi connectivity index (χ1v) is 5.20. The second kappa shape index (κ2) is 4.88. The molecule has 0 unspecified atom stereocenters. The van der Waals surface area contributed by atoms with Crippen molar-refractivity contribution in [3.8, 4) is 0 Å². The van der Waals surface area contributed by atoms with Gasteiger partial charge in [0.2, 0.25) is 0 Å². The Hall–Kier alpha value is -2.02. The van der Waals surface area contributed by atoms with E-state index in [1.165, 1.54) is 23.5 Å². The monoisotopic (exact) mass is 236 g/mol. The molecular weight excluding hydrogens is 224 g/mol. The van der Waals surface area contributed by atoms with E-state index in [0.29, 0.717) is 13.1 Å². The Labute approximate surface area is 97.5 Å². The zero-order valence-corrected chi connectivity index (χ0v) is 9.04. The van der Waals surface area contributed by atoms with Crippen LogP contribution in [0, 0.1) is 0 Å². The fourth-order valence-electron chi connectivity index (χ4n) is 1.72. The minimum atomic E-state index is -1.02. The predicted octanol–water partition coefficient (Wildman–Crippen LogP) is -1.02. The number of nitrogens with zero attached hydrogens (tertiary/aromatic N) is 3. The molecule has 0 saturated carbocycles. The van der Waals surface area contributed by atoms with E-state index in [9.17, 15) is 9.59 Å². The fraction of sp³-hybridized carbons (Fsp3) is 0.400. The highest BCUT2D eigenvalue weighted by molar-refractivity contribution is 5.94. The summed E-state index contributed by atoms with van der Waals surface area (Å²) in [6, 6.07) is -0.849. The molecule has 2 heterocycles. The van der Waals surface area contributed by atoms with Crippen molar-refractivity contribution in [1.29, 1.82) is 0 Å². The summed E-state index contributed by atoms with van der Waals surface area (Å²) in [5, 5.41) is 12.0. The summed E-state index contributed by atoms with van der Waals surface area (Å²) >= 11 is 0. The first kappa shape index (κ1) is 11.5. The number of hydrogen-bond acceptors (Lipinski definition) is 5. The number of carbonyl (C=O) groups excluding carboxylic acids is 1. The fourth-order valence-corrected chi connectivity index (χ4v) is 1.72. The van der Waals surface area contributed by atoms with Gasteiger partial charge in [0.15, 0.2) is 0 Å². The normalized spacial score (nSPS) is 20.0. The molecule has 1 aromatic rings. The van der Waals surface area contributed by atoms with Crippen LogP contribution in [-0.2, 0) is 4.79 Å². The Bertz CT molecular complexity index is 423. The van der Waals surface area contributed by atoms with Gasteiger partial charge in [0.25, 0.3) is 5.91 Å². The molecule has 1 aliphatic rings. The van der Waals surface area contributed by atoms with Crippen molar-refractivity contribution in [1.82, 2.24) is 20.2 Å². The van der Waals surface area contributed by atoms with Gasteiger partial charge in [-0.2, -0.15) is 0 Å². The van der Waals surface area contributed by atoms with E-state index in [4.69, 9.17) is 5.11 Å². The average molecular weight is 236 g/mol. The van der Waals surface area contributed by atoms with Crippen molar-refractivity contribution in [3.05, 3.63) is 24.3 Å². The smallest absolute Gasteiger partial charge is 0.327 e. The summed E-state index contributed by atoms with van der Waals surface area (Å²) in [6.45, 7) is 1.18.